The first-order valence-electron chi connectivity index (χ1n) is 1.58. The van der Waals surface area contributed by atoms with E-state index in [1.54, 1.807) is 0 Å². The van der Waals surface area contributed by atoms with Crippen LogP contribution in [0.25, 0.3) is 0 Å². The quantitative estimate of drug-likeness (QED) is 0.434. The molecule has 1 heterocycles. The molecule has 0 saturated carbocycles. The molecule has 0 fully saturated rings. The van der Waals surface area contributed by atoms with Crippen LogP contribution in [-0.2, 0) is 0 Å². The van der Waals surface area contributed by atoms with Gasteiger partial charge < -0.3 is 4.98 Å². The summed E-state index contributed by atoms with van der Waals surface area (Å²) in [5.74, 6) is 0. The van der Waals surface area contributed by atoms with Gasteiger partial charge in [-0.15, -0.1) is 0 Å². The number of nitrogens with one attached hydrogen (secondary N) is 1. The molecule has 0 aliphatic carbocycles. The van der Waals surface area contributed by atoms with Crippen molar-refractivity contribution in [1.82, 2.24) is 4.98 Å². The van der Waals surface area contributed by atoms with Gasteiger partial charge in [0.2, 0.25) is 0 Å². The molecule has 1 nitrogen and oxygen atoms in total. The fourth-order valence-corrected chi connectivity index (χ4v) is 0.278. The molecule has 6 heavy (non-hydrogen) atoms. The van der Waals surface area contributed by atoms with Crippen molar-refractivity contribution in [3.63, 3.8) is 0 Å². The van der Waals surface area contributed by atoms with Gasteiger partial charge >= 0.3 is 0 Å². The van der Waals surface area contributed by atoms with E-state index in [-0.39, 0.29) is 18.9 Å². The zero-order valence-corrected chi connectivity index (χ0v) is 3.81. The van der Waals surface area contributed by atoms with E-state index < -0.39 is 0 Å². The van der Waals surface area contributed by atoms with Gasteiger partial charge in [-0.25, -0.2) is 0 Å². The summed E-state index contributed by atoms with van der Waals surface area (Å²) in [6.45, 7) is 0. The van der Waals surface area contributed by atoms with E-state index >= 15 is 0 Å². The van der Waals surface area contributed by atoms with Gasteiger partial charge in [0.15, 0.2) is 0 Å². The predicted molar refractivity (Wildman–Crippen MR) is 26.5 cm³/mol. The fraction of sp³-hybridized carbons (Fsp3) is 0. The number of aromatic amines is 1. The van der Waals surface area contributed by atoms with Gasteiger partial charge in [-0.2, -0.15) is 0 Å². The molecule has 0 atom stereocenters. The molecule has 0 bridgehead atoms. The maximum atomic E-state index is 2.86. The summed E-state index contributed by atoms with van der Waals surface area (Å²) in [4.78, 5) is 2.86. The minimum atomic E-state index is 0. The average Bonchev–Trinajstić information content (AvgIpc) is 1.76. The molecule has 1 N–H and O–H groups in total. The van der Waals surface area contributed by atoms with Crippen LogP contribution in [0.4, 0.5) is 0 Å². The third-order valence-corrected chi connectivity index (χ3v) is 0.496. The van der Waals surface area contributed by atoms with Crippen molar-refractivity contribution in [2.75, 3.05) is 0 Å². The summed E-state index contributed by atoms with van der Waals surface area (Å²) < 4.78 is 0. The van der Waals surface area contributed by atoms with E-state index in [9.17, 15) is 0 Å². The van der Waals surface area contributed by atoms with Crippen LogP contribution in [0.3, 0.4) is 0 Å². The third kappa shape index (κ3) is 1.35. The Kier molecular flexibility index (Phi) is 3.02. The summed E-state index contributed by atoms with van der Waals surface area (Å²) >= 11 is 0. The Balaban J connectivity index is 0.000000250. The van der Waals surface area contributed by atoms with Crippen LogP contribution < -0.4 is 0 Å². The Hall–Kier alpha value is -0.123. The summed E-state index contributed by atoms with van der Waals surface area (Å²) in [7, 11) is 0. The monoisotopic (exact) mass is 74.1 g/mol. The molecule has 0 aromatic carbocycles. The Labute approximate surface area is 48.9 Å². The summed E-state index contributed by atoms with van der Waals surface area (Å²) in [6.07, 6.45) is 3.75. The maximum absolute atomic E-state index is 2.86. The molecule has 0 unspecified atom stereocenters. The maximum Gasteiger partial charge on any atom is 0.000496 e. The Bertz CT molecular complexity index is 64.0. The summed E-state index contributed by atoms with van der Waals surface area (Å²) in [6, 6.07) is 3.89. The zero-order valence-electron chi connectivity index (χ0n) is 3.81. The van der Waals surface area contributed by atoms with E-state index in [2.05, 4.69) is 4.98 Å². The van der Waals surface area contributed by atoms with Gasteiger partial charge in [0.25, 0.3) is 0 Å². The standard InChI is InChI=1S/C4H5N.Li/c1-2-4-5-3-1;/h1-5H;. The second kappa shape index (κ2) is 3.08. The molecule has 0 spiro atoms. The molecule has 0 saturated heterocycles. The molecule has 0 aliphatic rings. The predicted octanol–water partition coefficient (Wildman–Crippen LogP) is 0.634. The Morgan fingerprint density at radius 1 is 1.00 bits per heavy atom. The zero-order chi connectivity index (χ0) is 3.54. The smallest absolute Gasteiger partial charge is 0.000496 e. The summed E-state index contributed by atoms with van der Waals surface area (Å²) in [5.41, 5.74) is 0. The van der Waals surface area contributed by atoms with Gasteiger partial charge in [0, 0.05) is 31.3 Å². The van der Waals surface area contributed by atoms with Gasteiger partial charge in [-0.1, -0.05) is 0 Å². The van der Waals surface area contributed by atoms with Crippen molar-refractivity contribution in [2.24, 2.45) is 0 Å². The van der Waals surface area contributed by atoms with E-state index in [4.69, 9.17) is 0 Å². The van der Waals surface area contributed by atoms with E-state index in [0.29, 0.717) is 0 Å². The van der Waals surface area contributed by atoms with Crippen LogP contribution in [0.5, 0.6) is 0 Å². The van der Waals surface area contributed by atoms with Crippen molar-refractivity contribution in [3.05, 3.63) is 24.5 Å². The number of H-pyrrole nitrogens is 1. The van der Waals surface area contributed by atoms with Crippen LogP contribution in [0.15, 0.2) is 24.5 Å². The average molecular weight is 74.0 g/mol. The number of rotatable bonds is 0. The molecule has 1 rings (SSSR count). The molecule has 1 radical (unpaired) electrons. The molecule has 2 heteroatoms. The molecule has 0 amide bonds. The molecule has 27 valence electrons. The molecule has 1 aromatic rings. The van der Waals surface area contributed by atoms with E-state index in [1.807, 2.05) is 24.5 Å². The van der Waals surface area contributed by atoms with Crippen molar-refractivity contribution < 1.29 is 0 Å². The normalized spacial score (nSPS) is 6.67. The number of hydrogen-bond donors (Lipinski definition) is 1. The topological polar surface area (TPSA) is 15.8 Å². The van der Waals surface area contributed by atoms with Crippen LogP contribution in [0.1, 0.15) is 0 Å². The first kappa shape index (κ1) is 5.88. The van der Waals surface area contributed by atoms with Crippen molar-refractivity contribution in [1.29, 1.82) is 0 Å². The number of aromatic nitrogens is 1. The minimum absolute atomic E-state index is 0. The summed E-state index contributed by atoms with van der Waals surface area (Å²) in [5, 5.41) is 0. The van der Waals surface area contributed by atoms with Gasteiger partial charge in [0.1, 0.15) is 0 Å². The third-order valence-electron chi connectivity index (χ3n) is 0.496. The van der Waals surface area contributed by atoms with Crippen molar-refractivity contribution in [3.8, 4) is 0 Å². The number of hydrogen-bond acceptors (Lipinski definition) is 0. The molecular formula is C4H5LiN. The van der Waals surface area contributed by atoms with Gasteiger partial charge in [-0.05, 0) is 12.1 Å². The first-order valence-corrected chi connectivity index (χ1v) is 1.58. The Morgan fingerprint density at radius 2 is 1.50 bits per heavy atom. The van der Waals surface area contributed by atoms with E-state index in [0.717, 1.165) is 0 Å². The van der Waals surface area contributed by atoms with E-state index in [1.165, 1.54) is 0 Å². The van der Waals surface area contributed by atoms with Crippen molar-refractivity contribution >= 4 is 18.9 Å². The minimum Gasteiger partial charge on any atom is -0.368 e. The molecule has 0 aliphatic heterocycles. The second-order valence-electron chi connectivity index (χ2n) is 0.885. The van der Waals surface area contributed by atoms with Gasteiger partial charge in [0.05, 0.1) is 0 Å². The fourth-order valence-electron chi connectivity index (χ4n) is 0.278. The second-order valence-corrected chi connectivity index (χ2v) is 0.885. The largest absolute Gasteiger partial charge is 0.368 e. The first-order chi connectivity index (χ1) is 2.50. The van der Waals surface area contributed by atoms with Crippen LogP contribution in [0.2, 0.25) is 0 Å². The SMILES string of the molecule is [Li].c1cc[nH]c1. The molecular weight excluding hydrogens is 69.0 g/mol. The van der Waals surface area contributed by atoms with Crippen LogP contribution in [0, 0.1) is 0 Å². The molecule has 1 aromatic heterocycles. The Morgan fingerprint density at radius 3 is 1.67 bits per heavy atom. The van der Waals surface area contributed by atoms with Crippen molar-refractivity contribution in [2.45, 2.75) is 0 Å². The van der Waals surface area contributed by atoms with Crippen LogP contribution in [-0.4, -0.2) is 23.8 Å². The van der Waals surface area contributed by atoms with Crippen LogP contribution >= 0.6 is 0 Å². The van der Waals surface area contributed by atoms with Gasteiger partial charge in [-0.3, -0.25) is 0 Å².